The van der Waals surface area contributed by atoms with Crippen molar-refractivity contribution in [3.8, 4) is 5.75 Å². The monoisotopic (exact) mass is 497 g/mol. The van der Waals surface area contributed by atoms with Crippen molar-refractivity contribution in [1.29, 1.82) is 0 Å². The number of ether oxygens (including phenoxy) is 1. The highest BCUT2D eigenvalue weighted by molar-refractivity contribution is 6.30. The number of aromatic nitrogens is 2. The molecule has 1 aromatic heterocycles. The van der Waals surface area contributed by atoms with Crippen LogP contribution in [-0.4, -0.2) is 57.7 Å². The summed E-state index contributed by atoms with van der Waals surface area (Å²) in [6, 6.07) is 15.1. The SMILES string of the molecule is Cc1cnc(NC(=O)C(O)C(Cc2ccccc2)NC(=O)[C@@H]2CC(Oc3cccc(Cl)c3)CN2)[nH]1. The van der Waals surface area contributed by atoms with Crippen LogP contribution in [0, 0.1) is 6.92 Å². The number of aromatic amines is 1. The fourth-order valence-corrected chi connectivity index (χ4v) is 4.15. The number of carbonyl (C=O) groups is 2. The number of benzene rings is 2. The van der Waals surface area contributed by atoms with Gasteiger partial charge in [0.1, 0.15) is 11.9 Å². The molecule has 4 rings (SSSR count). The molecule has 1 fully saturated rings. The standard InChI is InChI=1S/C25H28ClN5O4/c1-15-13-28-25(29-15)31-24(34)22(32)20(10-16-6-3-2-4-7-16)30-23(33)21-12-19(14-27-21)35-18-9-5-8-17(26)11-18/h2-9,11,13,19-22,27,32H,10,12,14H2,1H3,(H,30,33)(H2,28,29,31,34)/t19?,20?,21-,22?/m0/s1. The highest BCUT2D eigenvalue weighted by Crippen LogP contribution is 2.21. The first-order valence-electron chi connectivity index (χ1n) is 11.4. The highest BCUT2D eigenvalue weighted by atomic mass is 35.5. The van der Waals surface area contributed by atoms with Gasteiger partial charge in [0.2, 0.25) is 11.9 Å². The first-order chi connectivity index (χ1) is 16.9. The van der Waals surface area contributed by atoms with Crippen LogP contribution in [0.5, 0.6) is 5.75 Å². The number of rotatable bonds is 9. The van der Waals surface area contributed by atoms with Gasteiger partial charge in [-0.25, -0.2) is 4.98 Å². The Bertz CT molecular complexity index is 1160. The Kier molecular flexibility index (Phi) is 8.02. The molecule has 2 heterocycles. The van der Waals surface area contributed by atoms with E-state index in [-0.39, 0.29) is 24.4 Å². The number of anilines is 1. The summed E-state index contributed by atoms with van der Waals surface area (Å²) in [4.78, 5) is 32.7. The minimum absolute atomic E-state index is 0.216. The van der Waals surface area contributed by atoms with E-state index < -0.39 is 24.1 Å². The van der Waals surface area contributed by atoms with Crippen LogP contribution in [0.25, 0.3) is 0 Å². The predicted molar refractivity (Wildman–Crippen MR) is 132 cm³/mol. The van der Waals surface area contributed by atoms with E-state index >= 15 is 0 Å². The Morgan fingerprint density at radius 2 is 2.03 bits per heavy atom. The molecule has 10 heteroatoms. The van der Waals surface area contributed by atoms with Gasteiger partial charge in [-0.15, -0.1) is 0 Å². The van der Waals surface area contributed by atoms with Crippen molar-refractivity contribution < 1.29 is 19.4 Å². The summed E-state index contributed by atoms with van der Waals surface area (Å²) >= 11 is 6.02. The molecule has 2 amide bonds. The summed E-state index contributed by atoms with van der Waals surface area (Å²) < 4.78 is 5.94. The number of hydrogen-bond acceptors (Lipinski definition) is 6. The van der Waals surface area contributed by atoms with Gasteiger partial charge >= 0.3 is 0 Å². The predicted octanol–water partition coefficient (Wildman–Crippen LogP) is 2.21. The fraction of sp³-hybridized carbons (Fsp3) is 0.320. The number of aliphatic hydroxyl groups is 1. The van der Waals surface area contributed by atoms with E-state index in [1.165, 1.54) is 0 Å². The number of amides is 2. The molecule has 0 bridgehead atoms. The molecule has 0 aliphatic carbocycles. The Morgan fingerprint density at radius 3 is 2.74 bits per heavy atom. The van der Waals surface area contributed by atoms with Gasteiger partial charge in [-0.3, -0.25) is 14.9 Å². The number of nitrogens with one attached hydrogen (secondary N) is 4. The van der Waals surface area contributed by atoms with Crippen molar-refractivity contribution in [1.82, 2.24) is 20.6 Å². The quantitative estimate of drug-likeness (QED) is 0.308. The van der Waals surface area contributed by atoms with E-state index in [0.29, 0.717) is 23.7 Å². The van der Waals surface area contributed by atoms with Crippen molar-refractivity contribution in [2.75, 3.05) is 11.9 Å². The Hall–Kier alpha value is -3.40. The number of carbonyl (C=O) groups excluding carboxylic acids is 2. The van der Waals surface area contributed by atoms with E-state index in [0.717, 1.165) is 11.3 Å². The second-order valence-corrected chi connectivity index (χ2v) is 8.98. The van der Waals surface area contributed by atoms with Gasteiger partial charge in [0.05, 0.1) is 12.1 Å². The highest BCUT2D eigenvalue weighted by Gasteiger charge is 2.35. The summed E-state index contributed by atoms with van der Waals surface area (Å²) in [6.45, 7) is 2.28. The summed E-state index contributed by atoms with van der Waals surface area (Å²) in [5, 5.41) is 20.0. The third-order valence-corrected chi connectivity index (χ3v) is 5.96. The topological polar surface area (TPSA) is 128 Å². The number of hydrogen-bond donors (Lipinski definition) is 5. The molecule has 5 N–H and O–H groups in total. The van der Waals surface area contributed by atoms with Crippen LogP contribution in [0.3, 0.4) is 0 Å². The van der Waals surface area contributed by atoms with Crippen molar-refractivity contribution in [2.24, 2.45) is 0 Å². The average molecular weight is 498 g/mol. The Labute approximate surface area is 208 Å². The molecule has 0 spiro atoms. The summed E-state index contributed by atoms with van der Waals surface area (Å²) in [7, 11) is 0. The molecular formula is C25H28ClN5O4. The second kappa shape index (κ2) is 11.4. The van der Waals surface area contributed by atoms with E-state index in [4.69, 9.17) is 16.3 Å². The normalized spacial score (nSPS) is 19.1. The molecule has 1 aliphatic rings. The number of H-pyrrole nitrogens is 1. The molecule has 184 valence electrons. The van der Waals surface area contributed by atoms with Gasteiger partial charge in [0.25, 0.3) is 5.91 Å². The van der Waals surface area contributed by atoms with Crippen LogP contribution < -0.4 is 20.7 Å². The Morgan fingerprint density at radius 1 is 1.23 bits per heavy atom. The summed E-state index contributed by atoms with van der Waals surface area (Å²) in [5.41, 5.74) is 1.64. The fourth-order valence-electron chi connectivity index (χ4n) is 3.97. The first kappa shape index (κ1) is 24.7. The second-order valence-electron chi connectivity index (χ2n) is 8.55. The zero-order chi connectivity index (χ0) is 24.8. The first-order valence-corrected chi connectivity index (χ1v) is 11.8. The van der Waals surface area contributed by atoms with Crippen LogP contribution in [0.1, 0.15) is 17.7 Å². The summed E-state index contributed by atoms with van der Waals surface area (Å²) in [5.74, 6) is -0.117. The van der Waals surface area contributed by atoms with Crippen molar-refractivity contribution in [3.05, 3.63) is 77.1 Å². The number of aliphatic hydroxyl groups excluding tert-OH is 1. The van der Waals surface area contributed by atoms with E-state index in [9.17, 15) is 14.7 Å². The minimum atomic E-state index is -1.50. The zero-order valence-electron chi connectivity index (χ0n) is 19.2. The average Bonchev–Trinajstić information content (AvgIpc) is 3.47. The van der Waals surface area contributed by atoms with Crippen molar-refractivity contribution >= 4 is 29.4 Å². The maximum Gasteiger partial charge on any atom is 0.257 e. The van der Waals surface area contributed by atoms with Gasteiger partial charge in [-0.05, 0) is 37.1 Å². The molecule has 0 radical (unpaired) electrons. The van der Waals surface area contributed by atoms with Crippen LogP contribution in [0.4, 0.5) is 5.95 Å². The van der Waals surface area contributed by atoms with Crippen molar-refractivity contribution in [2.45, 2.75) is 44.1 Å². The van der Waals surface area contributed by atoms with Crippen molar-refractivity contribution in [3.63, 3.8) is 0 Å². The van der Waals surface area contributed by atoms with Gasteiger partial charge in [-0.1, -0.05) is 48.0 Å². The zero-order valence-corrected chi connectivity index (χ0v) is 20.0. The molecule has 4 atom stereocenters. The molecule has 1 aliphatic heterocycles. The lowest BCUT2D eigenvalue weighted by molar-refractivity contribution is -0.128. The molecule has 3 aromatic rings. The molecule has 0 saturated carbocycles. The summed E-state index contributed by atoms with van der Waals surface area (Å²) in [6.07, 6.45) is 0.563. The van der Waals surface area contributed by atoms with E-state index in [2.05, 4.69) is 25.9 Å². The molecule has 1 saturated heterocycles. The number of imidazole rings is 1. The van der Waals surface area contributed by atoms with Gasteiger partial charge in [0, 0.05) is 29.9 Å². The molecular weight excluding hydrogens is 470 g/mol. The molecule has 9 nitrogen and oxygen atoms in total. The smallest absolute Gasteiger partial charge is 0.257 e. The third-order valence-electron chi connectivity index (χ3n) is 5.73. The number of nitrogens with zero attached hydrogens (tertiary/aromatic N) is 1. The Balaban J connectivity index is 1.40. The van der Waals surface area contributed by atoms with E-state index in [1.807, 2.05) is 36.4 Å². The third kappa shape index (κ3) is 6.82. The minimum Gasteiger partial charge on any atom is -0.489 e. The molecule has 2 aromatic carbocycles. The van der Waals surface area contributed by atoms with Crippen LogP contribution in [0.15, 0.2) is 60.8 Å². The largest absolute Gasteiger partial charge is 0.489 e. The van der Waals surface area contributed by atoms with E-state index in [1.54, 1.807) is 31.3 Å². The molecule has 3 unspecified atom stereocenters. The number of aryl methyl sites for hydroxylation is 1. The van der Waals surface area contributed by atoms with Crippen LogP contribution >= 0.6 is 11.6 Å². The maximum absolute atomic E-state index is 13.1. The maximum atomic E-state index is 13.1. The lowest BCUT2D eigenvalue weighted by atomic mass is 10.00. The van der Waals surface area contributed by atoms with Crippen LogP contribution in [-0.2, 0) is 16.0 Å². The van der Waals surface area contributed by atoms with Gasteiger partial charge < -0.3 is 25.5 Å². The van der Waals surface area contributed by atoms with Crippen LogP contribution in [0.2, 0.25) is 5.02 Å². The van der Waals surface area contributed by atoms with Gasteiger partial charge in [0.15, 0.2) is 6.10 Å². The van der Waals surface area contributed by atoms with Gasteiger partial charge in [-0.2, -0.15) is 0 Å². The number of halogens is 1. The molecule has 35 heavy (non-hydrogen) atoms. The lowest BCUT2D eigenvalue weighted by Crippen LogP contribution is -2.53. The lowest BCUT2D eigenvalue weighted by Gasteiger charge is -2.25.